The molecule has 0 saturated carbocycles. The fourth-order valence-electron chi connectivity index (χ4n) is 8.18. The zero-order valence-electron chi connectivity index (χ0n) is 26.6. The molecular formula is C34H37F2N7O4S. The van der Waals surface area contributed by atoms with Crippen LogP contribution in [0.25, 0.3) is 32.1 Å². The van der Waals surface area contributed by atoms with Gasteiger partial charge in [-0.25, -0.2) is 8.78 Å². The topological polar surface area (TPSA) is 144 Å². The van der Waals surface area contributed by atoms with E-state index in [1.54, 1.807) is 13.0 Å². The first kappa shape index (κ1) is 31.6. The molecule has 4 N–H and O–H groups in total. The Hall–Kier alpha value is -3.71. The minimum atomic E-state index is -0.728. The highest BCUT2D eigenvalue weighted by Gasteiger charge is 2.43. The Kier molecular flexibility index (Phi) is 8.09. The van der Waals surface area contributed by atoms with Crippen LogP contribution in [-0.4, -0.2) is 100 Å². The zero-order chi connectivity index (χ0) is 33.3. The van der Waals surface area contributed by atoms with Crippen molar-refractivity contribution in [2.75, 3.05) is 56.6 Å². The highest BCUT2D eigenvalue weighted by Crippen LogP contribution is 2.49. The fourth-order valence-corrected chi connectivity index (χ4v) is 9.11. The van der Waals surface area contributed by atoms with Crippen molar-refractivity contribution in [1.82, 2.24) is 19.8 Å². The molecule has 4 atom stereocenters. The van der Waals surface area contributed by atoms with Gasteiger partial charge in [0.15, 0.2) is 5.82 Å². The van der Waals surface area contributed by atoms with Crippen LogP contribution in [0.1, 0.15) is 42.9 Å². The van der Waals surface area contributed by atoms with Crippen molar-refractivity contribution in [3.05, 3.63) is 40.5 Å². The zero-order valence-corrected chi connectivity index (χ0v) is 27.4. The van der Waals surface area contributed by atoms with E-state index < -0.39 is 17.7 Å². The number of rotatable bonds is 9. The third-order valence-corrected chi connectivity index (χ3v) is 11.3. The molecule has 48 heavy (non-hydrogen) atoms. The molecule has 0 amide bonds. The number of β-amino-alcohol motifs (C(OH)–C–C–N with tert-alkyl or cyclic N) is 2. The second kappa shape index (κ2) is 12.3. The Morgan fingerprint density at radius 2 is 1.90 bits per heavy atom. The maximum atomic E-state index is 17.4. The van der Waals surface area contributed by atoms with Crippen molar-refractivity contribution in [3.8, 4) is 23.2 Å². The van der Waals surface area contributed by atoms with E-state index in [1.165, 1.54) is 6.07 Å². The van der Waals surface area contributed by atoms with Gasteiger partial charge in [0.25, 0.3) is 0 Å². The van der Waals surface area contributed by atoms with Crippen molar-refractivity contribution < 1.29 is 28.5 Å². The van der Waals surface area contributed by atoms with Crippen molar-refractivity contribution in [1.29, 1.82) is 5.26 Å². The molecule has 252 valence electrons. The number of benzene rings is 2. The van der Waals surface area contributed by atoms with Gasteiger partial charge in [0.1, 0.15) is 34.8 Å². The first-order chi connectivity index (χ1) is 23.3. The molecule has 3 fully saturated rings. The van der Waals surface area contributed by atoms with Crippen molar-refractivity contribution in [2.24, 2.45) is 0 Å². The molecule has 11 nitrogen and oxygen atoms in total. The first-order valence-corrected chi connectivity index (χ1v) is 17.3. The summed E-state index contributed by atoms with van der Waals surface area (Å²) < 4.78 is 46.1. The van der Waals surface area contributed by atoms with E-state index in [4.69, 9.17) is 20.2 Å². The minimum absolute atomic E-state index is 0.0130. The second-order valence-electron chi connectivity index (χ2n) is 13.3. The first-order valence-electron chi connectivity index (χ1n) is 16.5. The van der Waals surface area contributed by atoms with E-state index >= 15 is 8.78 Å². The van der Waals surface area contributed by atoms with Crippen LogP contribution in [-0.2, 0) is 18.0 Å². The van der Waals surface area contributed by atoms with Crippen LogP contribution in [0.5, 0.6) is 6.01 Å². The number of aliphatic hydroxyl groups excluding tert-OH is 2. The van der Waals surface area contributed by atoms with Crippen LogP contribution in [0, 0.1) is 23.0 Å². The number of halogens is 2. The van der Waals surface area contributed by atoms with Gasteiger partial charge in [0.05, 0.1) is 36.9 Å². The van der Waals surface area contributed by atoms with Gasteiger partial charge in [-0.2, -0.15) is 15.2 Å². The average Bonchev–Trinajstić information content (AvgIpc) is 3.73. The molecule has 4 aromatic rings. The summed E-state index contributed by atoms with van der Waals surface area (Å²) in [4.78, 5) is 16.3. The number of anilines is 2. The SMILES string of the molecule is C[C@@H](O)CN1CC2CCC(C1)N2c1nc(OC[C@@H]2CCN2CCO)nc2c(F)c(-c3c(F)ccc4sc(N)c(C#N)c34)c3c(c12)COC3. The number of aliphatic hydroxyl groups is 2. The smallest absolute Gasteiger partial charge is 0.319 e. The molecule has 14 heteroatoms. The molecular weight excluding hydrogens is 640 g/mol. The normalized spacial score (nSPS) is 23.1. The number of ether oxygens (including phenoxy) is 2. The Morgan fingerprint density at radius 1 is 1.12 bits per heavy atom. The molecule has 6 heterocycles. The van der Waals surface area contributed by atoms with Crippen LogP contribution in [0.4, 0.5) is 19.6 Å². The molecule has 2 aromatic heterocycles. The molecule has 8 rings (SSSR count). The lowest BCUT2D eigenvalue weighted by molar-refractivity contribution is 0.0339. The van der Waals surface area contributed by atoms with Crippen LogP contribution < -0.4 is 15.4 Å². The van der Waals surface area contributed by atoms with Gasteiger partial charge in [-0.15, -0.1) is 11.3 Å². The molecule has 4 aliphatic heterocycles. The molecule has 4 aliphatic rings. The summed E-state index contributed by atoms with van der Waals surface area (Å²) in [7, 11) is 0. The predicted molar refractivity (Wildman–Crippen MR) is 178 cm³/mol. The van der Waals surface area contributed by atoms with Gasteiger partial charge < -0.3 is 30.3 Å². The second-order valence-corrected chi connectivity index (χ2v) is 14.4. The Bertz CT molecular complexity index is 1950. The lowest BCUT2D eigenvalue weighted by Gasteiger charge is -2.42. The number of thiophene rings is 1. The van der Waals surface area contributed by atoms with Crippen LogP contribution in [0.3, 0.4) is 0 Å². The number of nitriles is 1. The quantitative estimate of drug-likeness (QED) is 0.238. The number of fused-ring (bicyclic) bond motifs is 6. The standard InChI is InChI=1S/C34H37F2N7O4S/c1-17(45)11-41-12-18-2-3-19(13-41)43(18)33-28-23-16-46-15-22(23)27(29-24(35)4-5-25-26(29)21(10-37)32(38)48-25)30(36)31(28)39-34(40-33)47-14-20-6-7-42(20)8-9-44/h4-5,17-20,44-45H,2-3,6-9,11-16,38H2,1H3/t17-,18?,19?,20+/m1/s1. The van der Waals surface area contributed by atoms with Gasteiger partial charge in [0, 0.05) is 72.1 Å². The number of likely N-dealkylation sites (tertiary alicyclic amines) is 2. The summed E-state index contributed by atoms with van der Waals surface area (Å²) in [6.07, 6.45) is 2.28. The van der Waals surface area contributed by atoms with Crippen LogP contribution >= 0.6 is 11.3 Å². The summed E-state index contributed by atoms with van der Waals surface area (Å²) in [5.74, 6) is -0.826. The van der Waals surface area contributed by atoms with Gasteiger partial charge in [-0.05, 0) is 49.4 Å². The summed E-state index contributed by atoms with van der Waals surface area (Å²) in [5, 5.41) is 30.6. The monoisotopic (exact) mass is 677 g/mol. The molecule has 0 radical (unpaired) electrons. The van der Waals surface area contributed by atoms with E-state index in [-0.39, 0.29) is 83.2 Å². The third kappa shape index (κ3) is 5.07. The van der Waals surface area contributed by atoms with Crippen molar-refractivity contribution in [3.63, 3.8) is 0 Å². The predicted octanol–water partition coefficient (Wildman–Crippen LogP) is 3.75. The highest BCUT2D eigenvalue weighted by atomic mass is 32.1. The largest absolute Gasteiger partial charge is 0.462 e. The minimum Gasteiger partial charge on any atom is -0.462 e. The molecule has 2 unspecified atom stereocenters. The lowest BCUT2D eigenvalue weighted by atomic mass is 9.90. The van der Waals surface area contributed by atoms with Crippen LogP contribution in [0.15, 0.2) is 12.1 Å². The molecule has 0 spiro atoms. The van der Waals surface area contributed by atoms with Crippen molar-refractivity contribution in [2.45, 2.75) is 63.6 Å². The number of aromatic nitrogens is 2. The summed E-state index contributed by atoms with van der Waals surface area (Å²) in [6.45, 7) is 5.76. The molecule has 3 saturated heterocycles. The maximum absolute atomic E-state index is 17.4. The Balaban J connectivity index is 1.32. The van der Waals surface area contributed by atoms with Gasteiger partial charge in [-0.1, -0.05) is 0 Å². The maximum Gasteiger partial charge on any atom is 0.319 e. The van der Waals surface area contributed by atoms with E-state index in [0.717, 1.165) is 50.2 Å². The molecule has 0 aliphatic carbocycles. The Labute approximate surface area is 280 Å². The summed E-state index contributed by atoms with van der Waals surface area (Å²) in [5.41, 5.74) is 7.49. The lowest BCUT2D eigenvalue weighted by Crippen LogP contribution is -2.55. The number of hydrogen-bond acceptors (Lipinski definition) is 12. The summed E-state index contributed by atoms with van der Waals surface area (Å²) >= 11 is 1.16. The third-order valence-electron chi connectivity index (χ3n) is 10.3. The fraction of sp³-hybridized carbons (Fsp3) is 0.500. The van der Waals surface area contributed by atoms with Gasteiger partial charge in [0.2, 0.25) is 0 Å². The number of nitrogen functional groups attached to an aromatic ring is 1. The van der Waals surface area contributed by atoms with Gasteiger partial charge >= 0.3 is 6.01 Å². The molecule has 2 bridgehead atoms. The Morgan fingerprint density at radius 3 is 2.58 bits per heavy atom. The van der Waals surface area contributed by atoms with Crippen LogP contribution in [0.2, 0.25) is 0 Å². The molecule has 2 aromatic carbocycles. The van der Waals surface area contributed by atoms with Crippen molar-refractivity contribution >= 4 is 43.1 Å². The van der Waals surface area contributed by atoms with E-state index in [9.17, 15) is 15.5 Å². The number of nitrogens with zero attached hydrogens (tertiary/aromatic N) is 6. The number of nitrogens with two attached hydrogens (primary N) is 1. The number of piperazine rings is 1. The average molecular weight is 678 g/mol. The van der Waals surface area contributed by atoms with E-state index in [1.807, 2.05) is 0 Å². The highest BCUT2D eigenvalue weighted by molar-refractivity contribution is 7.23. The number of hydrogen-bond donors (Lipinski definition) is 3. The van der Waals surface area contributed by atoms with Gasteiger partial charge in [-0.3, -0.25) is 9.80 Å². The summed E-state index contributed by atoms with van der Waals surface area (Å²) in [6, 6.07) is 5.21. The van der Waals surface area contributed by atoms with E-state index in [2.05, 4.69) is 25.8 Å². The van der Waals surface area contributed by atoms with E-state index in [0.29, 0.717) is 40.1 Å².